The zero-order chi connectivity index (χ0) is 11.3. The first-order chi connectivity index (χ1) is 6.99. The first-order valence-electron chi connectivity index (χ1n) is 4.18. The molecule has 0 saturated carbocycles. The summed E-state index contributed by atoms with van der Waals surface area (Å²) in [7, 11) is -4.02. The fourth-order valence-electron chi connectivity index (χ4n) is 0.930. The summed E-state index contributed by atoms with van der Waals surface area (Å²) in [5, 5.41) is 2.36. The van der Waals surface area contributed by atoms with Crippen LogP contribution in [0.25, 0.3) is 0 Å². The molecule has 15 heavy (non-hydrogen) atoms. The molecular weight excluding hydrogens is 220 g/mol. The molecule has 1 rings (SSSR count). The fourth-order valence-corrected chi connectivity index (χ4v) is 1.29. The van der Waals surface area contributed by atoms with E-state index >= 15 is 0 Å². The average molecular weight is 231 g/mol. The predicted molar refractivity (Wildman–Crippen MR) is 51.7 cm³/mol. The first kappa shape index (κ1) is 11.6. The number of hydrogen-bond donors (Lipinski definition) is 2. The quantitative estimate of drug-likeness (QED) is 0.657. The lowest BCUT2D eigenvalue weighted by molar-refractivity contribution is -0.378. The highest BCUT2D eigenvalue weighted by atomic mass is 32.2. The Hall–Kier alpha value is -1.47. The van der Waals surface area contributed by atoms with Crippen molar-refractivity contribution in [2.75, 3.05) is 12.3 Å². The third kappa shape index (κ3) is 4.52. The maximum absolute atomic E-state index is 11.3. The summed E-state index contributed by atoms with van der Waals surface area (Å²) in [6, 6.07) is 3.23. The number of aromatic nitrogens is 1. The molecule has 6 nitrogen and oxygen atoms in total. The van der Waals surface area contributed by atoms with Crippen molar-refractivity contribution in [1.82, 2.24) is 5.32 Å². The van der Waals surface area contributed by atoms with Gasteiger partial charge in [0, 0.05) is 12.6 Å². The molecule has 82 valence electrons. The number of carbonyl (C=O) groups excluding carboxylic acids is 1. The monoisotopic (exact) mass is 231 g/mol. The summed E-state index contributed by atoms with van der Waals surface area (Å²) >= 11 is 0. The number of pyridine rings is 1. The molecule has 1 amide bonds. The lowest BCUT2D eigenvalue weighted by atomic mass is 10.3. The van der Waals surface area contributed by atoms with Gasteiger partial charge < -0.3 is 5.32 Å². The minimum atomic E-state index is -4.02. The molecule has 0 aliphatic heterocycles. The van der Waals surface area contributed by atoms with Crippen molar-refractivity contribution < 1.29 is 22.7 Å². The van der Waals surface area contributed by atoms with E-state index in [-0.39, 0.29) is 6.54 Å². The smallest absolute Gasteiger partial charge is 0.266 e. The second-order valence-electron chi connectivity index (χ2n) is 2.83. The topological polar surface area (TPSA) is 97.6 Å². The Morgan fingerprint density at radius 2 is 2.27 bits per heavy atom. The van der Waals surface area contributed by atoms with Crippen molar-refractivity contribution in [2.45, 2.75) is 0 Å². The highest BCUT2D eigenvalue weighted by Crippen LogP contribution is 1.92. The van der Waals surface area contributed by atoms with Gasteiger partial charge in [-0.3, -0.25) is 9.35 Å². The zero-order valence-electron chi connectivity index (χ0n) is 7.80. The van der Waals surface area contributed by atoms with E-state index in [4.69, 9.17) is 4.55 Å². The predicted octanol–water partition coefficient (Wildman–Crippen LogP) is -0.882. The van der Waals surface area contributed by atoms with Crippen LogP contribution in [-0.2, 0) is 10.1 Å². The van der Waals surface area contributed by atoms with E-state index in [1.165, 1.54) is 6.20 Å². The molecule has 3 N–H and O–H groups in total. The molecular formula is C8H11N2O4S+. The van der Waals surface area contributed by atoms with Crippen molar-refractivity contribution in [1.29, 1.82) is 0 Å². The van der Waals surface area contributed by atoms with Gasteiger partial charge in [-0.1, -0.05) is 0 Å². The Bertz CT molecular complexity index is 429. The van der Waals surface area contributed by atoms with Gasteiger partial charge >= 0.3 is 0 Å². The van der Waals surface area contributed by atoms with Crippen molar-refractivity contribution in [3.8, 4) is 0 Å². The molecule has 7 heteroatoms. The number of amides is 1. The van der Waals surface area contributed by atoms with E-state index in [1.807, 2.05) is 0 Å². The van der Waals surface area contributed by atoms with Crippen LogP contribution in [0.15, 0.2) is 24.5 Å². The zero-order valence-corrected chi connectivity index (χ0v) is 8.62. The number of H-pyrrole nitrogens is 1. The summed E-state index contributed by atoms with van der Waals surface area (Å²) in [6.45, 7) is -0.118. The van der Waals surface area contributed by atoms with Crippen LogP contribution >= 0.6 is 0 Å². The molecule has 0 bridgehead atoms. The standard InChI is InChI=1S/C8H10N2O4S/c11-8(7-2-1-3-9-6-7)10-4-5-15(12,13)14/h1-3,6H,4-5H2,(H,10,11)(H,12,13,14)/p+1. The van der Waals surface area contributed by atoms with Crippen LogP contribution in [0.5, 0.6) is 0 Å². The molecule has 0 aliphatic rings. The van der Waals surface area contributed by atoms with E-state index in [1.54, 1.807) is 18.3 Å². The normalized spacial score (nSPS) is 11.0. The Morgan fingerprint density at radius 3 is 2.80 bits per heavy atom. The van der Waals surface area contributed by atoms with Gasteiger partial charge in [0.05, 0.1) is 5.75 Å². The molecule has 0 radical (unpaired) electrons. The minimum Gasteiger partial charge on any atom is -0.351 e. The summed E-state index contributed by atoms with van der Waals surface area (Å²) in [5.41, 5.74) is 0.396. The van der Waals surface area contributed by atoms with Crippen molar-refractivity contribution >= 4 is 16.0 Å². The average Bonchev–Trinajstić information content (AvgIpc) is 2.17. The van der Waals surface area contributed by atoms with Crippen molar-refractivity contribution in [3.05, 3.63) is 30.1 Å². The third-order valence-electron chi connectivity index (χ3n) is 1.61. The second-order valence-corrected chi connectivity index (χ2v) is 4.41. The van der Waals surface area contributed by atoms with Gasteiger partial charge in [-0.05, 0) is 6.07 Å². The number of rotatable bonds is 4. The van der Waals surface area contributed by atoms with E-state index in [0.717, 1.165) is 0 Å². The van der Waals surface area contributed by atoms with Gasteiger partial charge in [-0.2, -0.15) is 8.42 Å². The Labute approximate surface area is 87.1 Å². The minimum absolute atomic E-state index is 0.118. The molecule has 0 unspecified atom stereocenters. The third-order valence-corrected chi connectivity index (χ3v) is 2.33. The molecule has 1 aromatic heterocycles. The van der Waals surface area contributed by atoms with Crippen LogP contribution in [0, 0.1) is 0 Å². The maximum atomic E-state index is 11.3. The number of hydrogen-bond acceptors (Lipinski definition) is 3. The van der Waals surface area contributed by atoms with Crippen LogP contribution in [0.2, 0.25) is 0 Å². The largest absolute Gasteiger partial charge is 0.351 e. The Balaban J connectivity index is 2.45. The van der Waals surface area contributed by atoms with Gasteiger partial charge in [0.1, 0.15) is 5.56 Å². The van der Waals surface area contributed by atoms with Crippen LogP contribution < -0.4 is 10.3 Å². The molecule has 0 saturated heterocycles. The van der Waals surface area contributed by atoms with Gasteiger partial charge in [0.25, 0.3) is 16.0 Å². The summed E-state index contributed by atoms with van der Waals surface area (Å²) in [6.07, 6.45) is 3.14. The van der Waals surface area contributed by atoms with E-state index < -0.39 is 21.8 Å². The Morgan fingerprint density at radius 1 is 1.53 bits per heavy atom. The van der Waals surface area contributed by atoms with Crippen molar-refractivity contribution in [3.63, 3.8) is 0 Å². The summed E-state index contributed by atoms with van der Waals surface area (Å²) in [5.74, 6) is -0.884. The highest BCUT2D eigenvalue weighted by Gasteiger charge is 2.09. The molecule has 0 spiro atoms. The Kier molecular flexibility index (Phi) is 3.75. The lowest BCUT2D eigenvalue weighted by Crippen LogP contribution is -2.29. The molecule has 1 aromatic rings. The first-order valence-corrected chi connectivity index (χ1v) is 5.79. The molecule has 1 heterocycles. The molecule has 0 aliphatic carbocycles. The number of carbonyl (C=O) groups is 1. The molecule has 0 atom stereocenters. The van der Waals surface area contributed by atoms with Crippen molar-refractivity contribution in [2.24, 2.45) is 0 Å². The van der Waals surface area contributed by atoms with Crippen LogP contribution in [0.1, 0.15) is 10.4 Å². The van der Waals surface area contributed by atoms with Gasteiger partial charge in [0.2, 0.25) is 0 Å². The molecule has 0 aromatic carbocycles. The number of nitrogens with one attached hydrogen (secondary N) is 2. The van der Waals surface area contributed by atoms with Crippen LogP contribution in [-0.4, -0.2) is 31.2 Å². The van der Waals surface area contributed by atoms with Gasteiger partial charge in [-0.25, -0.2) is 4.98 Å². The maximum Gasteiger partial charge on any atom is 0.266 e. The second kappa shape index (κ2) is 4.85. The van der Waals surface area contributed by atoms with Gasteiger partial charge in [0.15, 0.2) is 12.4 Å². The lowest BCUT2D eigenvalue weighted by Gasteiger charge is -2.01. The van der Waals surface area contributed by atoms with E-state index in [0.29, 0.717) is 5.56 Å². The van der Waals surface area contributed by atoms with Gasteiger partial charge in [-0.15, -0.1) is 0 Å². The SMILES string of the molecule is O=C(NCCS(=O)(=O)O)c1ccc[nH+]c1. The summed E-state index contributed by atoms with van der Waals surface area (Å²) < 4.78 is 29.1. The number of aromatic amines is 1. The fraction of sp³-hybridized carbons (Fsp3) is 0.250. The summed E-state index contributed by atoms with van der Waals surface area (Å²) in [4.78, 5) is 14.0. The van der Waals surface area contributed by atoms with Crippen LogP contribution in [0.3, 0.4) is 0 Å². The highest BCUT2D eigenvalue weighted by molar-refractivity contribution is 7.85. The van der Waals surface area contributed by atoms with E-state index in [2.05, 4.69) is 10.3 Å². The van der Waals surface area contributed by atoms with Crippen LogP contribution in [0.4, 0.5) is 0 Å². The molecule has 0 fully saturated rings. The van der Waals surface area contributed by atoms with E-state index in [9.17, 15) is 13.2 Å².